The Labute approximate surface area is 157 Å². The molecule has 2 N–H and O–H groups in total. The van der Waals surface area contributed by atoms with E-state index in [2.05, 4.69) is 15.6 Å². The number of rotatable bonds is 4. The lowest BCUT2D eigenvalue weighted by atomic mass is 10.1. The molecule has 1 saturated heterocycles. The number of aromatic nitrogens is 1. The molecule has 12 heteroatoms. The van der Waals surface area contributed by atoms with E-state index in [1.807, 2.05) is 0 Å². The van der Waals surface area contributed by atoms with Gasteiger partial charge in [-0.15, -0.1) is 12.4 Å². The highest BCUT2D eigenvalue weighted by Crippen LogP contribution is 2.28. The van der Waals surface area contributed by atoms with Crippen LogP contribution in [0, 0.1) is 6.92 Å². The molecular weight excluding hydrogens is 402 g/mol. The van der Waals surface area contributed by atoms with E-state index in [1.165, 1.54) is 11.8 Å². The minimum Gasteiger partial charge on any atom is -0.350 e. The Morgan fingerprint density at radius 1 is 1.22 bits per heavy atom. The van der Waals surface area contributed by atoms with Gasteiger partial charge in [0.25, 0.3) is 5.91 Å². The maximum atomic E-state index is 13.3. The molecule has 0 aromatic carbocycles. The second-order valence-corrected chi connectivity index (χ2v) is 5.88. The van der Waals surface area contributed by atoms with Crippen LogP contribution in [0.15, 0.2) is 12.1 Å². The molecule has 0 bridgehead atoms. The van der Waals surface area contributed by atoms with Gasteiger partial charge in [-0.1, -0.05) is 0 Å². The number of hydrogen-bond donors (Lipinski definition) is 2. The van der Waals surface area contributed by atoms with Crippen molar-refractivity contribution in [2.45, 2.75) is 25.3 Å². The van der Waals surface area contributed by atoms with Crippen molar-refractivity contribution in [3.05, 3.63) is 29.1 Å². The zero-order valence-corrected chi connectivity index (χ0v) is 15.1. The molecule has 27 heavy (non-hydrogen) atoms. The zero-order valence-electron chi connectivity index (χ0n) is 14.2. The fourth-order valence-corrected chi connectivity index (χ4v) is 2.69. The number of piperazine rings is 1. The second kappa shape index (κ2) is 9.07. The Hall–Kier alpha value is -1.59. The summed E-state index contributed by atoms with van der Waals surface area (Å²) >= 11 is 0. The van der Waals surface area contributed by atoms with Gasteiger partial charge in [0.1, 0.15) is 11.7 Å². The Balaban J connectivity index is 0.00000364. The molecule has 1 atom stereocenters. The van der Waals surface area contributed by atoms with Gasteiger partial charge in [0.15, 0.2) is 0 Å². The fourth-order valence-electron chi connectivity index (χ4n) is 2.69. The van der Waals surface area contributed by atoms with Crippen LogP contribution in [0.25, 0.3) is 0 Å². The molecule has 2 rings (SSSR count). The Bertz CT molecular complexity index is 646. The van der Waals surface area contributed by atoms with Crippen molar-refractivity contribution < 1.29 is 31.1 Å². The Morgan fingerprint density at radius 2 is 1.81 bits per heavy atom. The maximum Gasteiger partial charge on any atom is 0.433 e. The molecule has 1 aromatic heterocycles. The number of carbonyl (C=O) groups excluding carboxylic acids is 1. The normalized spacial score (nSPS) is 17.1. The topological polar surface area (TPSA) is 57.3 Å². The number of aryl methyl sites for hydroxylation is 1. The van der Waals surface area contributed by atoms with Crippen molar-refractivity contribution in [3.63, 3.8) is 0 Å². The van der Waals surface area contributed by atoms with Gasteiger partial charge in [-0.05, 0) is 19.1 Å². The fraction of sp³-hybridized carbons (Fsp3) is 0.600. The van der Waals surface area contributed by atoms with Crippen molar-refractivity contribution in [2.75, 3.05) is 32.7 Å². The van der Waals surface area contributed by atoms with E-state index >= 15 is 0 Å². The number of nitrogens with zero attached hydrogens (tertiary/aromatic N) is 2. The summed E-state index contributed by atoms with van der Waals surface area (Å²) in [4.78, 5) is 16.6. The monoisotopic (exact) mass is 420 g/mol. The third kappa shape index (κ3) is 6.22. The molecular formula is C15H19ClF6N4O. The molecule has 1 aromatic rings. The van der Waals surface area contributed by atoms with Crippen LogP contribution < -0.4 is 10.6 Å². The molecule has 0 radical (unpaired) electrons. The molecule has 1 unspecified atom stereocenters. The summed E-state index contributed by atoms with van der Waals surface area (Å²) < 4.78 is 77.6. The molecule has 0 spiro atoms. The molecule has 5 nitrogen and oxygen atoms in total. The predicted molar refractivity (Wildman–Crippen MR) is 87.8 cm³/mol. The standard InChI is InChI=1S/C15H18F6N4O.ClH/c1-9-10(2-3-11(24-9)14(16,17)18)13(26)23-8-12(15(19,20)21)25-6-4-22-5-7-25;/h2-3,12,22H,4-8H2,1H3,(H,23,26);1H. The summed E-state index contributed by atoms with van der Waals surface area (Å²) in [6, 6.07) is -0.329. The van der Waals surface area contributed by atoms with Crippen LogP contribution in [-0.4, -0.2) is 60.7 Å². The van der Waals surface area contributed by atoms with E-state index in [0.717, 1.165) is 6.07 Å². The first-order valence-corrected chi connectivity index (χ1v) is 7.84. The van der Waals surface area contributed by atoms with Crippen LogP contribution in [0.3, 0.4) is 0 Å². The predicted octanol–water partition coefficient (Wildman–Crippen LogP) is 2.40. The number of carbonyl (C=O) groups is 1. The summed E-state index contributed by atoms with van der Waals surface area (Å²) in [5.74, 6) is -0.895. The van der Waals surface area contributed by atoms with E-state index in [-0.39, 0.29) is 36.8 Å². The number of pyridine rings is 1. The number of alkyl halides is 6. The van der Waals surface area contributed by atoms with E-state index in [1.54, 1.807) is 0 Å². The van der Waals surface area contributed by atoms with Gasteiger partial charge in [-0.25, -0.2) is 4.98 Å². The molecule has 1 aliphatic heterocycles. The first kappa shape index (κ1) is 23.4. The second-order valence-electron chi connectivity index (χ2n) is 5.88. The first-order valence-electron chi connectivity index (χ1n) is 7.84. The average Bonchev–Trinajstić information content (AvgIpc) is 2.53. The van der Waals surface area contributed by atoms with E-state index in [0.29, 0.717) is 19.2 Å². The van der Waals surface area contributed by atoms with Gasteiger partial charge in [-0.2, -0.15) is 26.3 Å². The van der Waals surface area contributed by atoms with Gasteiger partial charge in [-0.3, -0.25) is 9.69 Å². The third-order valence-corrected chi connectivity index (χ3v) is 4.05. The lowest BCUT2D eigenvalue weighted by Crippen LogP contribution is -2.57. The molecule has 154 valence electrons. The number of hydrogen-bond acceptors (Lipinski definition) is 4. The van der Waals surface area contributed by atoms with Crippen molar-refractivity contribution in [1.82, 2.24) is 20.5 Å². The highest BCUT2D eigenvalue weighted by molar-refractivity contribution is 5.95. The summed E-state index contributed by atoms with van der Waals surface area (Å²) in [6.07, 6.45) is -9.21. The summed E-state index contributed by atoms with van der Waals surface area (Å²) in [5, 5.41) is 5.10. The Morgan fingerprint density at radius 3 is 2.30 bits per heavy atom. The average molecular weight is 421 g/mol. The largest absolute Gasteiger partial charge is 0.433 e. The molecule has 0 saturated carbocycles. The minimum absolute atomic E-state index is 0. The maximum absolute atomic E-state index is 13.3. The van der Waals surface area contributed by atoms with Crippen molar-refractivity contribution >= 4 is 18.3 Å². The first-order chi connectivity index (χ1) is 12.0. The van der Waals surface area contributed by atoms with Crippen LogP contribution in [0.5, 0.6) is 0 Å². The van der Waals surface area contributed by atoms with Gasteiger partial charge in [0, 0.05) is 32.7 Å². The van der Waals surface area contributed by atoms with Crippen LogP contribution in [0.4, 0.5) is 26.3 Å². The highest BCUT2D eigenvalue weighted by Gasteiger charge is 2.44. The van der Waals surface area contributed by atoms with Gasteiger partial charge in [0.2, 0.25) is 0 Å². The molecule has 0 aliphatic carbocycles. The van der Waals surface area contributed by atoms with E-state index < -0.39 is 36.5 Å². The van der Waals surface area contributed by atoms with E-state index in [9.17, 15) is 31.1 Å². The van der Waals surface area contributed by atoms with E-state index in [4.69, 9.17) is 0 Å². The van der Waals surface area contributed by atoms with Crippen molar-refractivity contribution in [1.29, 1.82) is 0 Å². The van der Waals surface area contributed by atoms with Crippen LogP contribution in [0.1, 0.15) is 21.7 Å². The van der Waals surface area contributed by atoms with Gasteiger partial charge in [0.05, 0.1) is 11.3 Å². The molecule has 1 fully saturated rings. The number of nitrogens with one attached hydrogen (secondary N) is 2. The zero-order chi connectivity index (χ0) is 19.5. The SMILES string of the molecule is Cc1nc(C(F)(F)F)ccc1C(=O)NCC(N1CCNCC1)C(F)(F)F.Cl. The van der Waals surface area contributed by atoms with Gasteiger partial charge >= 0.3 is 12.4 Å². The highest BCUT2D eigenvalue weighted by atomic mass is 35.5. The number of halogens is 7. The van der Waals surface area contributed by atoms with Crippen molar-refractivity contribution in [2.24, 2.45) is 0 Å². The summed E-state index contributed by atoms with van der Waals surface area (Å²) in [5.41, 5.74) is -1.57. The van der Waals surface area contributed by atoms with Crippen LogP contribution >= 0.6 is 12.4 Å². The minimum atomic E-state index is -4.66. The van der Waals surface area contributed by atoms with Gasteiger partial charge < -0.3 is 10.6 Å². The third-order valence-electron chi connectivity index (χ3n) is 4.05. The van der Waals surface area contributed by atoms with Crippen molar-refractivity contribution in [3.8, 4) is 0 Å². The number of amides is 1. The quantitative estimate of drug-likeness (QED) is 0.734. The molecule has 2 heterocycles. The smallest absolute Gasteiger partial charge is 0.350 e. The summed E-state index contributed by atoms with van der Waals surface area (Å²) in [6.45, 7) is 1.68. The Kier molecular flexibility index (Phi) is 7.87. The molecule has 1 amide bonds. The van der Waals surface area contributed by atoms with Crippen LogP contribution in [-0.2, 0) is 6.18 Å². The lowest BCUT2D eigenvalue weighted by Gasteiger charge is -2.35. The summed E-state index contributed by atoms with van der Waals surface area (Å²) in [7, 11) is 0. The molecule has 1 aliphatic rings. The lowest BCUT2D eigenvalue weighted by molar-refractivity contribution is -0.183. The van der Waals surface area contributed by atoms with Crippen LogP contribution in [0.2, 0.25) is 0 Å².